The maximum atomic E-state index is 12.3. The van der Waals surface area contributed by atoms with Gasteiger partial charge in [0.05, 0.1) is 19.8 Å². The topological polar surface area (TPSA) is 73.6 Å². The highest BCUT2D eigenvalue weighted by atomic mass is 32.2. The van der Waals surface area contributed by atoms with Gasteiger partial charge in [-0.25, -0.2) is 0 Å². The Morgan fingerprint density at radius 1 is 1.33 bits per heavy atom. The zero-order valence-corrected chi connectivity index (χ0v) is 13.5. The van der Waals surface area contributed by atoms with Crippen LogP contribution in [-0.4, -0.2) is 37.7 Å². The standard InChI is InChI=1S/C15H22N2O3S/c1-19-12-7-10(11(16)8-13(12)20-2)14(18)17-9-15(21-3)5-4-6-15/h7-8H,4-6,9,16H2,1-3H3,(H,17,18). The number of anilines is 1. The monoisotopic (exact) mass is 310 g/mol. The largest absolute Gasteiger partial charge is 0.493 e. The lowest BCUT2D eigenvalue weighted by Crippen LogP contribution is -2.45. The summed E-state index contributed by atoms with van der Waals surface area (Å²) in [6.07, 6.45) is 5.62. The predicted molar refractivity (Wildman–Crippen MR) is 86.4 cm³/mol. The van der Waals surface area contributed by atoms with E-state index in [1.165, 1.54) is 20.6 Å². The second-order valence-electron chi connectivity index (χ2n) is 5.22. The van der Waals surface area contributed by atoms with Crippen LogP contribution in [0.25, 0.3) is 0 Å². The average Bonchev–Trinajstić information content (AvgIpc) is 2.45. The lowest BCUT2D eigenvalue weighted by atomic mass is 9.84. The van der Waals surface area contributed by atoms with Gasteiger partial charge in [0, 0.05) is 23.0 Å². The van der Waals surface area contributed by atoms with Crippen LogP contribution in [0.1, 0.15) is 29.6 Å². The third-order valence-electron chi connectivity index (χ3n) is 4.07. The fourth-order valence-electron chi connectivity index (χ4n) is 2.45. The Morgan fingerprint density at radius 3 is 2.43 bits per heavy atom. The Bertz CT molecular complexity index is 524. The van der Waals surface area contributed by atoms with Crippen molar-refractivity contribution in [3.05, 3.63) is 17.7 Å². The van der Waals surface area contributed by atoms with Gasteiger partial charge in [0.2, 0.25) is 0 Å². The van der Waals surface area contributed by atoms with Gasteiger partial charge in [0.1, 0.15) is 0 Å². The van der Waals surface area contributed by atoms with Crippen molar-refractivity contribution >= 4 is 23.4 Å². The molecule has 0 aromatic heterocycles. The zero-order chi connectivity index (χ0) is 15.5. The Morgan fingerprint density at radius 2 is 1.95 bits per heavy atom. The summed E-state index contributed by atoms with van der Waals surface area (Å²) in [5, 5.41) is 2.99. The van der Waals surface area contributed by atoms with Crippen molar-refractivity contribution in [3.63, 3.8) is 0 Å². The predicted octanol–water partition coefficient (Wildman–Crippen LogP) is 2.30. The molecule has 0 radical (unpaired) electrons. The van der Waals surface area contributed by atoms with E-state index in [-0.39, 0.29) is 10.7 Å². The molecule has 1 aromatic carbocycles. The van der Waals surface area contributed by atoms with Crippen LogP contribution in [0.2, 0.25) is 0 Å². The summed E-state index contributed by atoms with van der Waals surface area (Å²) < 4.78 is 10.6. The number of thioether (sulfide) groups is 1. The average molecular weight is 310 g/mol. The molecular weight excluding hydrogens is 288 g/mol. The van der Waals surface area contributed by atoms with E-state index >= 15 is 0 Å². The minimum absolute atomic E-state index is 0.172. The van der Waals surface area contributed by atoms with Crippen LogP contribution >= 0.6 is 11.8 Å². The third-order valence-corrected chi connectivity index (χ3v) is 5.49. The molecule has 3 N–H and O–H groups in total. The first-order valence-electron chi connectivity index (χ1n) is 6.90. The molecule has 1 aromatic rings. The Balaban J connectivity index is 2.11. The zero-order valence-electron chi connectivity index (χ0n) is 12.7. The number of ether oxygens (including phenoxy) is 2. The molecule has 0 aliphatic heterocycles. The van der Waals surface area contributed by atoms with Gasteiger partial charge in [0.15, 0.2) is 11.5 Å². The maximum absolute atomic E-state index is 12.3. The molecule has 1 aliphatic rings. The van der Waals surface area contributed by atoms with Gasteiger partial charge in [-0.2, -0.15) is 11.8 Å². The first kappa shape index (κ1) is 15.8. The summed E-state index contributed by atoms with van der Waals surface area (Å²) in [6.45, 7) is 0.667. The molecule has 21 heavy (non-hydrogen) atoms. The van der Waals surface area contributed by atoms with Crippen molar-refractivity contribution < 1.29 is 14.3 Å². The number of rotatable bonds is 6. The van der Waals surface area contributed by atoms with Gasteiger partial charge in [-0.3, -0.25) is 4.79 Å². The van der Waals surface area contributed by atoms with E-state index in [0.717, 1.165) is 12.8 Å². The summed E-state index contributed by atoms with van der Waals surface area (Å²) in [5.41, 5.74) is 6.74. The van der Waals surface area contributed by atoms with Crippen molar-refractivity contribution in [2.45, 2.75) is 24.0 Å². The molecule has 0 bridgehead atoms. The quantitative estimate of drug-likeness (QED) is 0.789. The van der Waals surface area contributed by atoms with Crippen molar-refractivity contribution in [1.29, 1.82) is 0 Å². The summed E-state index contributed by atoms with van der Waals surface area (Å²) in [5.74, 6) is 0.847. The number of nitrogens with two attached hydrogens (primary N) is 1. The number of amides is 1. The van der Waals surface area contributed by atoms with E-state index in [1.807, 2.05) is 11.8 Å². The first-order chi connectivity index (χ1) is 10.0. The molecule has 2 rings (SSSR count). The SMILES string of the molecule is COc1cc(N)c(C(=O)NCC2(SC)CCC2)cc1OC. The van der Waals surface area contributed by atoms with Gasteiger partial charge in [0.25, 0.3) is 5.91 Å². The van der Waals surface area contributed by atoms with Crippen molar-refractivity contribution in [1.82, 2.24) is 5.32 Å². The molecule has 1 saturated carbocycles. The van der Waals surface area contributed by atoms with Crippen LogP contribution in [0, 0.1) is 0 Å². The fourth-order valence-corrected chi connectivity index (χ4v) is 3.37. The smallest absolute Gasteiger partial charge is 0.253 e. The molecule has 6 heteroatoms. The van der Waals surface area contributed by atoms with Gasteiger partial charge in [-0.1, -0.05) is 6.42 Å². The third kappa shape index (κ3) is 3.20. The number of carbonyl (C=O) groups excluding carboxylic acids is 1. The molecule has 0 unspecified atom stereocenters. The van der Waals surface area contributed by atoms with E-state index in [0.29, 0.717) is 29.3 Å². The number of methoxy groups -OCH3 is 2. The van der Waals surface area contributed by atoms with E-state index in [2.05, 4.69) is 11.6 Å². The van der Waals surface area contributed by atoms with Crippen LogP contribution in [0.5, 0.6) is 11.5 Å². The van der Waals surface area contributed by atoms with Crippen LogP contribution < -0.4 is 20.5 Å². The Hall–Kier alpha value is -1.56. The first-order valence-corrected chi connectivity index (χ1v) is 8.12. The summed E-state index contributed by atoms with van der Waals surface area (Å²) in [4.78, 5) is 12.3. The van der Waals surface area contributed by atoms with Crippen LogP contribution in [-0.2, 0) is 0 Å². The van der Waals surface area contributed by atoms with Gasteiger partial charge in [-0.15, -0.1) is 0 Å². The van der Waals surface area contributed by atoms with E-state index in [9.17, 15) is 4.79 Å². The summed E-state index contributed by atoms with van der Waals surface area (Å²) >= 11 is 1.82. The number of hydrogen-bond donors (Lipinski definition) is 2. The van der Waals surface area contributed by atoms with E-state index in [1.54, 1.807) is 12.1 Å². The van der Waals surface area contributed by atoms with Gasteiger partial charge in [-0.05, 0) is 25.2 Å². The Labute approximate surface area is 129 Å². The molecule has 1 aliphatic carbocycles. The van der Waals surface area contributed by atoms with Gasteiger partial charge < -0.3 is 20.5 Å². The van der Waals surface area contributed by atoms with E-state index < -0.39 is 0 Å². The minimum Gasteiger partial charge on any atom is -0.493 e. The second-order valence-corrected chi connectivity index (χ2v) is 6.49. The minimum atomic E-state index is -0.172. The summed E-state index contributed by atoms with van der Waals surface area (Å²) in [6, 6.07) is 3.23. The molecule has 0 atom stereocenters. The molecule has 0 spiro atoms. The highest BCUT2D eigenvalue weighted by Crippen LogP contribution is 2.42. The van der Waals surface area contributed by atoms with Crippen LogP contribution in [0.15, 0.2) is 12.1 Å². The normalized spacial score (nSPS) is 16.0. The van der Waals surface area contributed by atoms with Crippen molar-refractivity contribution in [2.24, 2.45) is 0 Å². The second kappa shape index (κ2) is 6.47. The molecule has 0 saturated heterocycles. The maximum Gasteiger partial charge on any atom is 0.253 e. The van der Waals surface area contributed by atoms with Crippen LogP contribution in [0.4, 0.5) is 5.69 Å². The highest BCUT2D eigenvalue weighted by Gasteiger charge is 2.36. The van der Waals surface area contributed by atoms with Gasteiger partial charge >= 0.3 is 0 Å². The van der Waals surface area contributed by atoms with E-state index in [4.69, 9.17) is 15.2 Å². The number of nitrogens with one attached hydrogen (secondary N) is 1. The van der Waals surface area contributed by atoms with Crippen molar-refractivity contribution in [2.75, 3.05) is 32.8 Å². The summed E-state index contributed by atoms with van der Waals surface area (Å²) in [7, 11) is 3.07. The Kier molecular flexibility index (Phi) is 4.88. The number of carbonyl (C=O) groups is 1. The number of nitrogen functional groups attached to an aromatic ring is 1. The lowest BCUT2D eigenvalue weighted by Gasteiger charge is -2.40. The molecule has 0 heterocycles. The number of hydrogen-bond acceptors (Lipinski definition) is 5. The highest BCUT2D eigenvalue weighted by molar-refractivity contribution is 8.00. The molecule has 1 fully saturated rings. The molecular formula is C15H22N2O3S. The van der Waals surface area contributed by atoms with Crippen LogP contribution in [0.3, 0.4) is 0 Å². The molecule has 1 amide bonds. The number of benzene rings is 1. The lowest BCUT2D eigenvalue weighted by molar-refractivity contribution is 0.0944. The molecule has 5 nitrogen and oxygen atoms in total. The molecule has 116 valence electrons. The van der Waals surface area contributed by atoms with Crippen molar-refractivity contribution in [3.8, 4) is 11.5 Å². The fraction of sp³-hybridized carbons (Fsp3) is 0.533.